The third-order valence-corrected chi connectivity index (χ3v) is 7.71. The number of rotatable bonds is 4. The number of aliphatic carboxylic acids is 1. The topological polar surface area (TPSA) is 40.5 Å². The van der Waals surface area contributed by atoms with E-state index < -0.39 is 5.97 Å². The first-order valence-corrected chi connectivity index (χ1v) is 10.2. The number of carbonyl (C=O) groups is 1. The molecule has 0 aromatic heterocycles. The second-order valence-electron chi connectivity index (χ2n) is 8.65. The van der Waals surface area contributed by atoms with Gasteiger partial charge in [0.15, 0.2) is 0 Å². The van der Waals surface area contributed by atoms with Crippen molar-refractivity contribution < 1.29 is 9.90 Å². The third kappa shape index (κ3) is 2.41. The highest BCUT2D eigenvalue weighted by Crippen LogP contribution is 2.59. The number of carboxylic acid groups (broad SMARTS) is 1. The molecule has 2 aliphatic heterocycles. The molecule has 2 aromatic carbocycles. The van der Waals surface area contributed by atoms with E-state index in [-0.39, 0.29) is 17.4 Å². The molecular formula is C24H27NO2. The molecule has 2 aliphatic carbocycles. The summed E-state index contributed by atoms with van der Waals surface area (Å²) in [6, 6.07) is 20.1. The van der Waals surface area contributed by atoms with Crippen molar-refractivity contribution in [3.05, 3.63) is 71.3 Å². The Morgan fingerprint density at radius 2 is 1.85 bits per heavy atom. The Morgan fingerprint density at radius 3 is 2.59 bits per heavy atom. The summed E-state index contributed by atoms with van der Waals surface area (Å²) in [5.74, 6) is -0.410. The Kier molecular flexibility index (Phi) is 3.90. The fourth-order valence-electron chi connectivity index (χ4n) is 6.54. The molecule has 0 spiro atoms. The van der Waals surface area contributed by atoms with Gasteiger partial charge in [0.05, 0.1) is 5.92 Å². The van der Waals surface area contributed by atoms with Gasteiger partial charge in [-0.2, -0.15) is 0 Å². The molecule has 4 bridgehead atoms. The zero-order valence-electron chi connectivity index (χ0n) is 15.8. The van der Waals surface area contributed by atoms with Crippen molar-refractivity contribution in [2.45, 2.75) is 56.7 Å². The van der Waals surface area contributed by atoms with Gasteiger partial charge < -0.3 is 5.11 Å². The SMILES string of the molecule is CCC12CC3C(C(=O)O)CC1C(Cc1ccccc12)N3Cc1ccccc1. The van der Waals surface area contributed by atoms with Crippen LogP contribution in [0.2, 0.25) is 0 Å². The first-order chi connectivity index (χ1) is 13.1. The van der Waals surface area contributed by atoms with Crippen molar-refractivity contribution in [3.63, 3.8) is 0 Å². The van der Waals surface area contributed by atoms with Gasteiger partial charge in [-0.05, 0) is 48.3 Å². The summed E-state index contributed by atoms with van der Waals surface area (Å²) >= 11 is 0. The van der Waals surface area contributed by atoms with Crippen LogP contribution < -0.4 is 0 Å². The maximum Gasteiger partial charge on any atom is 0.308 e. The average Bonchev–Trinajstić information content (AvgIpc) is 2.70. The monoisotopic (exact) mass is 361 g/mol. The van der Waals surface area contributed by atoms with Crippen molar-refractivity contribution >= 4 is 5.97 Å². The van der Waals surface area contributed by atoms with Crippen LogP contribution in [0, 0.1) is 11.8 Å². The molecule has 2 saturated heterocycles. The lowest BCUT2D eigenvalue weighted by Gasteiger charge is -2.65. The summed E-state index contributed by atoms with van der Waals surface area (Å²) in [5, 5.41) is 9.93. The largest absolute Gasteiger partial charge is 0.481 e. The summed E-state index contributed by atoms with van der Waals surface area (Å²) < 4.78 is 0. The Labute approximate surface area is 161 Å². The van der Waals surface area contributed by atoms with Crippen LogP contribution >= 0.6 is 0 Å². The second-order valence-corrected chi connectivity index (χ2v) is 8.65. The molecule has 0 amide bonds. The van der Waals surface area contributed by atoms with E-state index in [1.165, 1.54) is 16.7 Å². The van der Waals surface area contributed by atoms with Gasteiger partial charge in [-0.15, -0.1) is 0 Å². The number of nitrogens with zero attached hydrogens (tertiary/aromatic N) is 1. The highest BCUT2D eigenvalue weighted by atomic mass is 16.4. The summed E-state index contributed by atoms with van der Waals surface area (Å²) in [6.07, 6.45) is 3.97. The van der Waals surface area contributed by atoms with Crippen molar-refractivity contribution in [1.82, 2.24) is 4.90 Å². The first kappa shape index (κ1) is 17.0. The molecule has 3 heteroatoms. The molecule has 140 valence electrons. The van der Waals surface area contributed by atoms with E-state index in [4.69, 9.17) is 0 Å². The Hall–Kier alpha value is -2.13. The van der Waals surface area contributed by atoms with Crippen LogP contribution in [0.15, 0.2) is 54.6 Å². The molecule has 5 atom stereocenters. The second kappa shape index (κ2) is 6.20. The standard InChI is InChI=1S/C24H27NO2/c1-2-24-14-22-18(23(26)27)13-20(24)21(12-17-10-6-7-11-19(17)24)25(22)15-16-8-4-3-5-9-16/h3-11,18,20-22H,2,12-15H2,1H3,(H,26,27). The molecule has 27 heavy (non-hydrogen) atoms. The summed E-state index contributed by atoms with van der Waals surface area (Å²) in [6.45, 7) is 3.16. The number of hydrogen-bond donors (Lipinski definition) is 1. The quantitative estimate of drug-likeness (QED) is 0.885. The van der Waals surface area contributed by atoms with Gasteiger partial charge in [-0.25, -0.2) is 0 Å². The number of piperidine rings is 2. The van der Waals surface area contributed by atoms with Gasteiger partial charge in [0.2, 0.25) is 0 Å². The van der Waals surface area contributed by atoms with E-state index in [0.717, 1.165) is 32.2 Å². The van der Waals surface area contributed by atoms with Gasteiger partial charge >= 0.3 is 5.97 Å². The van der Waals surface area contributed by atoms with Crippen molar-refractivity contribution in [2.24, 2.45) is 11.8 Å². The maximum atomic E-state index is 12.1. The first-order valence-electron chi connectivity index (χ1n) is 10.2. The smallest absolute Gasteiger partial charge is 0.308 e. The van der Waals surface area contributed by atoms with Gasteiger partial charge in [0.1, 0.15) is 0 Å². The Bertz CT molecular complexity index is 864. The van der Waals surface area contributed by atoms with E-state index in [1.54, 1.807) is 0 Å². The van der Waals surface area contributed by atoms with Gasteiger partial charge in [0.25, 0.3) is 0 Å². The minimum atomic E-state index is -0.611. The van der Waals surface area contributed by atoms with Crippen LogP contribution in [0.1, 0.15) is 42.9 Å². The van der Waals surface area contributed by atoms with Crippen molar-refractivity contribution in [1.29, 1.82) is 0 Å². The predicted molar refractivity (Wildman–Crippen MR) is 106 cm³/mol. The number of hydrogen-bond acceptors (Lipinski definition) is 2. The maximum absolute atomic E-state index is 12.1. The summed E-state index contributed by atoms with van der Waals surface area (Å²) in [4.78, 5) is 14.6. The highest BCUT2D eigenvalue weighted by Gasteiger charge is 2.61. The van der Waals surface area contributed by atoms with Crippen LogP contribution in [-0.4, -0.2) is 28.1 Å². The number of benzene rings is 2. The minimum Gasteiger partial charge on any atom is -0.481 e. The third-order valence-electron chi connectivity index (χ3n) is 7.71. The zero-order valence-corrected chi connectivity index (χ0v) is 15.8. The minimum absolute atomic E-state index is 0.131. The summed E-state index contributed by atoms with van der Waals surface area (Å²) in [7, 11) is 0. The van der Waals surface area contributed by atoms with Gasteiger partial charge in [0, 0.05) is 24.0 Å². The van der Waals surface area contributed by atoms with E-state index in [9.17, 15) is 9.90 Å². The highest BCUT2D eigenvalue weighted by molar-refractivity contribution is 5.72. The fraction of sp³-hybridized carbons (Fsp3) is 0.458. The lowest BCUT2D eigenvalue weighted by molar-refractivity contribution is -0.163. The van der Waals surface area contributed by atoms with E-state index in [2.05, 4.69) is 60.4 Å². The number of carboxylic acids is 1. The molecular weight excluding hydrogens is 334 g/mol. The van der Waals surface area contributed by atoms with Crippen LogP contribution in [0.25, 0.3) is 0 Å². The van der Waals surface area contributed by atoms with E-state index >= 15 is 0 Å². The van der Waals surface area contributed by atoms with Crippen LogP contribution in [-0.2, 0) is 23.2 Å². The van der Waals surface area contributed by atoms with Crippen molar-refractivity contribution in [3.8, 4) is 0 Å². The van der Waals surface area contributed by atoms with Crippen molar-refractivity contribution in [2.75, 3.05) is 0 Å². The molecule has 2 aromatic rings. The molecule has 0 radical (unpaired) electrons. The van der Waals surface area contributed by atoms with Gasteiger partial charge in [-0.1, -0.05) is 61.5 Å². The van der Waals surface area contributed by atoms with E-state index in [1.807, 2.05) is 6.07 Å². The number of fused-ring (bicyclic) bond motifs is 2. The molecule has 6 rings (SSSR count). The molecule has 5 unspecified atom stereocenters. The average molecular weight is 361 g/mol. The van der Waals surface area contributed by atoms with Crippen LogP contribution in [0.3, 0.4) is 0 Å². The molecule has 3 nitrogen and oxygen atoms in total. The van der Waals surface area contributed by atoms with E-state index in [0.29, 0.717) is 12.0 Å². The molecule has 3 fully saturated rings. The zero-order chi connectivity index (χ0) is 18.6. The molecule has 1 N–H and O–H groups in total. The van der Waals surface area contributed by atoms with Crippen LogP contribution in [0.5, 0.6) is 0 Å². The summed E-state index contributed by atoms with van der Waals surface area (Å²) in [5.41, 5.74) is 4.42. The Balaban J connectivity index is 1.60. The molecule has 2 heterocycles. The predicted octanol–water partition coefficient (Wildman–Crippen LogP) is 4.25. The Morgan fingerprint density at radius 1 is 1.11 bits per heavy atom. The van der Waals surface area contributed by atoms with Gasteiger partial charge in [-0.3, -0.25) is 9.69 Å². The molecule has 4 aliphatic rings. The fourth-order valence-corrected chi connectivity index (χ4v) is 6.54. The van der Waals surface area contributed by atoms with Crippen LogP contribution in [0.4, 0.5) is 0 Å². The lowest BCUT2D eigenvalue weighted by Crippen LogP contribution is -2.70. The molecule has 1 saturated carbocycles. The normalized spacial score (nSPS) is 34.3. The lowest BCUT2D eigenvalue weighted by atomic mass is 9.48.